The van der Waals surface area contributed by atoms with Crippen molar-refractivity contribution < 1.29 is 17.7 Å². The maximum atomic E-state index is 15.0. The van der Waals surface area contributed by atoms with Crippen LogP contribution in [0.4, 0.5) is 13.2 Å². The molecule has 0 aliphatic carbocycles. The number of rotatable bonds is 4. The Balaban J connectivity index is 2.24. The smallest absolute Gasteiger partial charge is 0.132 e. The molecular formula is C22H26BrF3NOP. The molecule has 1 heterocycles. The molecule has 2 aromatic carbocycles. The van der Waals surface area contributed by atoms with E-state index in [0.29, 0.717) is 10.9 Å². The second-order valence-electron chi connectivity index (χ2n) is 8.86. The van der Waals surface area contributed by atoms with Crippen LogP contribution in [0, 0.1) is 11.6 Å². The van der Waals surface area contributed by atoms with Crippen LogP contribution in [0.3, 0.4) is 0 Å². The third-order valence-electron chi connectivity index (χ3n) is 5.33. The summed E-state index contributed by atoms with van der Waals surface area (Å²) in [6.07, 6.45) is 0.593. The minimum atomic E-state index is -2.48. The first-order chi connectivity index (χ1) is 13.3. The molecule has 3 rings (SSSR count). The molecule has 2 atom stereocenters. The SMILES string of the molecule is C[C@@H]1Cc2cc(P(C)(C)=O)ccc2[C@@H](c2c(F)cc(Br)cc2F)N1CC(C)(C)F. The van der Waals surface area contributed by atoms with Gasteiger partial charge in [-0.1, -0.05) is 28.1 Å². The van der Waals surface area contributed by atoms with Gasteiger partial charge in [-0.15, -0.1) is 0 Å². The number of halogens is 4. The van der Waals surface area contributed by atoms with Gasteiger partial charge in [-0.05, 0) is 69.8 Å². The van der Waals surface area contributed by atoms with Crippen LogP contribution < -0.4 is 5.30 Å². The molecule has 0 N–H and O–H groups in total. The zero-order chi connectivity index (χ0) is 21.7. The third-order valence-corrected chi connectivity index (χ3v) is 7.31. The summed E-state index contributed by atoms with van der Waals surface area (Å²) in [5, 5.41) is 0.734. The Hall–Kier alpha value is -1.10. The Labute approximate surface area is 179 Å². The van der Waals surface area contributed by atoms with E-state index in [9.17, 15) is 17.7 Å². The molecule has 7 heteroatoms. The van der Waals surface area contributed by atoms with Gasteiger partial charge in [0.15, 0.2) is 0 Å². The molecular weight excluding hydrogens is 462 g/mol. The summed E-state index contributed by atoms with van der Waals surface area (Å²) in [6.45, 7) is 8.30. The lowest BCUT2D eigenvalue weighted by molar-refractivity contribution is 0.0653. The summed E-state index contributed by atoms with van der Waals surface area (Å²) < 4.78 is 57.4. The fourth-order valence-corrected chi connectivity index (χ4v) is 5.36. The zero-order valence-corrected chi connectivity index (χ0v) is 19.8. The first-order valence-corrected chi connectivity index (χ1v) is 12.9. The van der Waals surface area contributed by atoms with Crippen LogP contribution in [0.25, 0.3) is 0 Å². The van der Waals surface area contributed by atoms with E-state index in [-0.39, 0.29) is 18.2 Å². The van der Waals surface area contributed by atoms with Crippen molar-refractivity contribution >= 4 is 28.4 Å². The van der Waals surface area contributed by atoms with E-state index < -0.39 is 30.5 Å². The van der Waals surface area contributed by atoms with Gasteiger partial charge in [0.05, 0.1) is 6.04 Å². The largest absolute Gasteiger partial charge is 0.319 e. The summed E-state index contributed by atoms with van der Waals surface area (Å²) in [5.41, 5.74) is 0.00634. The summed E-state index contributed by atoms with van der Waals surface area (Å²) in [4.78, 5) is 1.83. The van der Waals surface area contributed by atoms with Crippen LogP contribution >= 0.6 is 23.1 Å². The molecule has 158 valence electrons. The molecule has 0 bridgehead atoms. The summed E-state index contributed by atoms with van der Waals surface area (Å²) in [7, 11) is -2.48. The normalized spacial score (nSPS) is 20.6. The quantitative estimate of drug-likeness (QED) is 0.488. The van der Waals surface area contributed by atoms with Crippen LogP contribution in [0.15, 0.2) is 34.8 Å². The highest BCUT2D eigenvalue weighted by Crippen LogP contribution is 2.43. The van der Waals surface area contributed by atoms with Crippen LogP contribution in [-0.4, -0.2) is 36.5 Å². The Kier molecular flexibility index (Phi) is 6.12. The highest BCUT2D eigenvalue weighted by molar-refractivity contribution is 9.10. The van der Waals surface area contributed by atoms with Gasteiger partial charge in [-0.3, -0.25) is 4.90 Å². The van der Waals surface area contributed by atoms with Gasteiger partial charge in [0.1, 0.15) is 24.4 Å². The average Bonchev–Trinajstić information content (AvgIpc) is 2.54. The fourth-order valence-electron chi connectivity index (χ4n) is 4.06. The maximum absolute atomic E-state index is 15.0. The lowest BCUT2D eigenvalue weighted by Crippen LogP contribution is -2.48. The van der Waals surface area contributed by atoms with Crippen molar-refractivity contribution in [2.45, 2.75) is 44.9 Å². The molecule has 0 spiro atoms. The van der Waals surface area contributed by atoms with E-state index in [2.05, 4.69) is 15.9 Å². The van der Waals surface area contributed by atoms with Crippen molar-refractivity contribution in [3.63, 3.8) is 0 Å². The lowest BCUT2D eigenvalue weighted by Gasteiger charge is -2.44. The highest BCUT2D eigenvalue weighted by atomic mass is 79.9. The molecule has 0 unspecified atom stereocenters. The summed E-state index contributed by atoms with van der Waals surface area (Å²) in [5.74, 6) is -1.35. The Bertz CT molecular complexity index is 960. The van der Waals surface area contributed by atoms with Crippen molar-refractivity contribution in [3.8, 4) is 0 Å². The van der Waals surface area contributed by atoms with Crippen LogP contribution in [-0.2, 0) is 11.0 Å². The second kappa shape index (κ2) is 7.86. The molecule has 0 amide bonds. The van der Waals surface area contributed by atoms with Crippen molar-refractivity contribution in [1.29, 1.82) is 0 Å². The number of hydrogen-bond donors (Lipinski definition) is 0. The highest BCUT2D eigenvalue weighted by Gasteiger charge is 2.39. The summed E-state index contributed by atoms with van der Waals surface area (Å²) in [6, 6.07) is 6.99. The average molecular weight is 488 g/mol. The van der Waals surface area contributed by atoms with Crippen molar-refractivity contribution in [1.82, 2.24) is 4.90 Å². The van der Waals surface area contributed by atoms with E-state index in [1.54, 1.807) is 25.5 Å². The van der Waals surface area contributed by atoms with Crippen LogP contribution in [0.1, 0.15) is 43.5 Å². The predicted octanol–water partition coefficient (Wildman–Crippen LogP) is 6.06. The molecule has 0 saturated heterocycles. The van der Waals surface area contributed by atoms with Crippen LogP contribution in [0.2, 0.25) is 0 Å². The van der Waals surface area contributed by atoms with E-state index in [1.165, 1.54) is 26.0 Å². The molecule has 29 heavy (non-hydrogen) atoms. The monoisotopic (exact) mass is 487 g/mol. The van der Waals surface area contributed by atoms with Gasteiger partial charge in [0.25, 0.3) is 0 Å². The first-order valence-electron chi connectivity index (χ1n) is 9.55. The van der Waals surface area contributed by atoms with Gasteiger partial charge < -0.3 is 4.57 Å². The van der Waals surface area contributed by atoms with Gasteiger partial charge in [-0.2, -0.15) is 0 Å². The van der Waals surface area contributed by atoms with E-state index in [1.807, 2.05) is 17.9 Å². The van der Waals surface area contributed by atoms with Gasteiger partial charge in [-0.25, -0.2) is 13.2 Å². The summed E-state index contributed by atoms with van der Waals surface area (Å²) >= 11 is 3.13. The second-order valence-corrected chi connectivity index (χ2v) is 13.0. The van der Waals surface area contributed by atoms with E-state index in [0.717, 1.165) is 16.4 Å². The Morgan fingerprint density at radius 2 is 1.76 bits per heavy atom. The fraction of sp³-hybridized carbons (Fsp3) is 0.455. The molecule has 0 aromatic heterocycles. The van der Waals surface area contributed by atoms with Gasteiger partial charge in [0.2, 0.25) is 0 Å². The van der Waals surface area contributed by atoms with Crippen molar-refractivity contribution in [2.75, 3.05) is 19.9 Å². The molecule has 2 nitrogen and oxygen atoms in total. The first kappa shape index (κ1) is 22.6. The maximum Gasteiger partial charge on any atom is 0.132 e. The molecule has 0 radical (unpaired) electrons. The lowest BCUT2D eigenvalue weighted by atomic mass is 9.84. The molecule has 0 fully saturated rings. The molecule has 2 aromatic rings. The van der Waals surface area contributed by atoms with Gasteiger partial charge in [0, 0.05) is 27.9 Å². The van der Waals surface area contributed by atoms with Crippen LogP contribution in [0.5, 0.6) is 0 Å². The third kappa shape index (κ3) is 4.81. The number of fused-ring (bicyclic) bond motifs is 1. The zero-order valence-electron chi connectivity index (χ0n) is 17.3. The Morgan fingerprint density at radius 3 is 2.28 bits per heavy atom. The topological polar surface area (TPSA) is 20.3 Å². The van der Waals surface area contributed by atoms with E-state index in [4.69, 9.17) is 0 Å². The number of nitrogens with zero attached hydrogens (tertiary/aromatic N) is 1. The van der Waals surface area contributed by atoms with Gasteiger partial charge >= 0.3 is 0 Å². The number of benzene rings is 2. The number of hydrogen-bond acceptors (Lipinski definition) is 2. The van der Waals surface area contributed by atoms with Crippen molar-refractivity contribution in [2.24, 2.45) is 0 Å². The molecule has 0 saturated carbocycles. The molecule has 1 aliphatic heterocycles. The van der Waals surface area contributed by atoms with Crippen molar-refractivity contribution in [3.05, 3.63) is 63.1 Å². The minimum Gasteiger partial charge on any atom is -0.319 e. The Morgan fingerprint density at radius 1 is 1.17 bits per heavy atom. The minimum absolute atomic E-state index is 0.0367. The predicted molar refractivity (Wildman–Crippen MR) is 116 cm³/mol. The molecule has 1 aliphatic rings. The van der Waals surface area contributed by atoms with E-state index >= 15 is 0 Å². The standard InChI is InChI=1S/C22H26BrF3NOP/c1-13-8-14-9-16(29(4,5)28)6-7-17(14)21(27(13)12-22(2,3)26)20-18(24)10-15(23)11-19(20)25/h6-7,9-11,13,21H,8,12H2,1-5H3/t13-,21+/m1/s1. The number of alkyl halides is 1.